The Kier molecular flexibility index (Phi) is 3.37. The van der Waals surface area contributed by atoms with E-state index in [1.807, 2.05) is 0 Å². The summed E-state index contributed by atoms with van der Waals surface area (Å²) in [5.41, 5.74) is 10.1. The van der Waals surface area contributed by atoms with Gasteiger partial charge in [0.2, 0.25) is 0 Å². The van der Waals surface area contributed by atoms with Gasteiger partial charge in [0.15, 0.2) is 5.76 Å². The van der Waals surface area contributed by atoms with Gasteiger partial charge in [0.1, 0.15) is 5.75 Å². The van der Waals surface area contributed by atoms with Crippen molar-refractivity contribution in [2.24, 2.45) is 0 Å². The Bertz CT molecular complexity index is 607. The summed E-state index contributed by atoms with van der Waals surface area (Å²) in [5, 5.41) is 9.23. The van der Waals surface area contributed by atoms with Gasteiger partial charge in [0.25, 0.3) is 5.91 Å². The van der Waals surface area contributed by atoms with Crippen molar-refractivity contribution in [2.75, 3.05) is 5.73 Å². The zero-order valence-electron chi connectivity index (χ0n) is 9.71. The molecule has 98 valence electrons. The van der Waals surface area contributed by atoms with E-state index in [1.54, 1.807) is 6.07 Å². The first-order valence-corrected chi connectivity index (χ1v) is 5.30. The maximum atomic E-state index is 11.7. The van der Waals surface area contributed by atoms with Gasteiger partial charge in [0, 0.05) is 5.56 Å². The molecule has 5 N–H and O–H groups in total. The zero-order chi connectivity index (χ0) is 13.8. The standard InChI is InChI=1S/C12H11N3O4/c13-8-6-7(3-4-9(8)16)11(17)14-15-12(18)10-2-1-5-19-10/h1-6,16H,13H2,(H,14,17)(H,15,18). The first-order chi connectivity index (χ1) is 9.08. The highest BCUT2D eigenvalue weighted by molar-refractivity contribution is 5.98. The number of aromatic hydroxyl groups is 1. The van der Waals surface area contributed by atoms with Crippen molar-refractivity contribution in [2.45, 2.75) is 0 Å². The molecular weight excluding hydrogens is 250 g/mol. The van der Waals surface area contributed by atoms with Crippen LogP contribution in [0.1, 0.15) is 20.9 Å². The molecule has 0 bridgehead atoms. The number of nitrogen functional groups attached to an aromatic ring is 1. The SMILES string of the molecule is Nc1cc(C(=O)NNC(=O)c2ccco2)ccc1O. The largest absolute Gasteiger partial charge is 0.506 e. The molecule has 0 saturated carbocycles. The normalized spacial score (nSPS) is 9.89. The summed E-state index contributed by atoms with van der Waals surface area (Å²) in [4.78, 5) is 23.2. The van der Waals surface area contributed by atoms with Crippen LogP contribution in [-0.4, -0.2) is 16.9 Å². The number of anilines is 1. The van der Waals surface area contributed by atoms with Crippen molar-refractivity contribution in [3.8, 4) is 5.75 Å². The maximum Gasteiger partial charge on any atom is 0.305 e. The second kappa shape index (κ2) is 5.13. The molecule has 0 aliphatic heterocycles. The van der Waals surface area contributed by atoms with Crippen molar-refractivity contribution in [3.05, 3.63) is 47.9 Å². The Hall–Kier alpha value is -2.96. The van der Waals surface area contributed by atoms with E-state index in [-0.39, 0.29) is 22.8 Å². The number of hydrogen-bond donors (Lipinski definition) is 4. The zero-order valence-corrected chi connectivity index (χ0v) is 9.71. The molecule has 0 aliphatic rings. The molecule has 7 heteroatoms. The number of nitrogens with one attached hydrogen (secondary N) is 2. The molecule has 0 radical (unpaired) electrons. The molecule has 0 atom stereocenters. The van der Waals surface area contributed by atoms with Gasteiger partial charge >= 0.3 is 5.91 Å². The Morgan fingerprint density at radius 2 is 1.89 bits per heavy atom. The molecule has 7 nitrogen and oxygen atoms in total. The Morgan fingerprint density at radius 1 is 1.16 bits per heavy atom. The molecule has 0 saturated heterocycles. The van der Waals surface area contributed by atoms with E-state index in [0.717, 1.165) is 0 Å². The first kappa shape index (κ1) is 12.5. The number of nitrogens with two attached hydrogens (primary N) is 1. The molecule has 0 spiro atoms. The van der Waals surface area contributed by atoms with Crippen LogP contribution >= 0.6 is 0 Å². The van der Waals surface area contributed by atoms with Gasteiger partial charge < -0.3 is 15.3 Å². The van der Waals surface area contributed by atoms with Crippen LogP contribution in [0.4, 0.5) is 5.69 Å². The lowest BCUT2D eigenvalue weighted by Gasteiger charge is -2.07. The van der Waals surface area contributed by atoms with E-state index in [4.69, 9.17) is 10.2 Å². The Morgan fingerprint density at radius 3 is 2.53 bits per heavy atom. The predicted octanol–water partition coefficient (Wildman–Crippen LogP) is 0.642. The van der Waals surface area contributed by atoms with E-state index in [9.17, 15) is 14.7 Å². The molecule has 2 rings (SSSR count). The highest BCUT2D eigenvalue weighted by Crippen LogP contribution is 2.20. The average molecular weight is 261 g/mol. The monoisotopic (exact) mass is 261 g/mol. The molecule has 0 aliphatic carbocycles. The Balaban J connectivity index is 1.98. The number of hydrazine groups is 1. The van der Waals surface area contributed by atoms with Crippen LogP contribution in [0.2, 0.25) is 0 Å². The number of hydrogen-bond acceptors (Lipinski definition) is 5. The number of carbonyl (C=O) groups excluding carboxylic acids is 2. The van der Waals surface area contributed by atoms with Crippen molar-refractivity contribution >= 4 is 17.5 Å². The molecule has 0 fully saturated rings. The summed E-state index contributed by atoms with van der Waals surface area (Å²) >= 11 is 0. The van der Waals surface area contributed by atoms with E-state index in [0.29, 0.717) is 0 Å². The van der Waals surface area contributed by atoms with Crippen molar-refractivity contribution in [1.29, 1.82) is 0 Å². The lowest BCUT2D eigenvalue weighted by atomic mass is 10.2. The number of carbonyl (C=O) groups is 2. The van der Waals surface area contributed by atoms with Crippen LogP contribution in [0.5, 0.6) is 5.75 Å². The quantitative estimate of drug-likeness (QED) is 0.359. The van der Waals surface area contributed by atoms with Crippen LogP contribution in [0, 0.1) is 0 Å². The van der Waals surface area contributed by atoms with Crippen molar-refractivity contribution in [1.82, 2.24) is 10.9 Å². The lowest BCUT2D eigenvalue weighted by molar-refractivity contribution is 0.0831. The van der Waals surface area contributed by atoms with Gasteiger partial charge in [-0.25, -0.2) is 0 Å². The van der Waals surface area contributed by atoms with Gasteiger partial charge in [-0.3, -0.25) is 20.4 Å². The van der Waals surface area contributed by atoms with Gasteiger partial charge in [-0.05, 0) is 30.3 Å². The molecule has 2 aromatic rings. The van der Waals surface area contributed by atoms with Crippen molar-refractivity contribution in [3.63, 3.8) is 0 Å². The van der Waals surface area contributed by atoms with Crippen LogP contribution in [-0.2, 0) is 0 Å². The Labute approximate surface area is 108 Å². The first-order valence-electron chi connectivity index (χ1n) is 5.30. The van der Waals surface area contributed by atoms with Gasteiger partial charge in [-0.1, -0.05) is 0 Å². The lowest BCUT2D eigenvalue weighted by Crippen LogP contribution is -2.41. The second-order valence-corrected chi connectivity index (χ2v) is 3.66. The second-order valence-electron chi connectivity index (χ2n) is 3.66. The number of phenolic OH excluding ortho intramolecular Hbond substituents is 1. The third-order valence-corrected chi connectivity index (χ3v) is 2.32. The minimum atomic E-state index is -0.579. The van der Waals surface area contributed by atoms with Gasteiger partial charge in [-0.2, -0.15) is 0 Å². The topological polar surface area (TPSA) is 118 Å². The summed E-state index contributed by atoms with van der Waals surface area (Å²) in [5.74, 6) is -1.18. The van der Waals surface area contributed by atoms with Crippen LogP contribution in [0.3, 0.4) is 0 Å². The fourth-order valence-electron chi connectivity index (χ4n) is 1.35. The minimum absolute atomic E-state index is 0.0741. The summed E-state index contributed by atoms with van der Waals surface area (Å²) in [6, 6.07) is 6.97. The molecule has 1 aromatic heterocycles. The fourth-order valence-corrected chi connectivity index (χ4v) is 1.35. The number of phenols is 1. The summed E-state index contributed by atoms with van der Waals surface area (Å²) in [7, 11) is 0. The van der Waals surface area contributed by atoms with E-state index >= 15 is 0 Å². The molecule has 2 amide bonds. The smallest absolute Gasteiger partial charge is 0.305 e. The van der Waals surface area contributed by atoms with Crippen LogP contribution in [0.15, 0.2) is 41.0 Å². The third kappa shape index (κ3) is 2.83. The maximum absolute atomic E-state index is 11.7. The summed E-state index contributed by atoms with van der Waals surface area (Å²) in [6.45, 7) is 0. The van der Waals surface area contributed by atoms with E-state index < -0.39 is 11.8 Å². The highest BCUT2D eigenvalue weighted by atomic mass is 16.3. The molecule has 1 heterocycles. The summed E-state index contributed by atoms with van der Waals surface area (Å²) < 4.78 is 4.85. The fraction of sp³-hybridized carbons (Fsp3) is 0. The number of amides is 2. The average Bonchev–Trinajstić information content (AvgIpc) is 2.92. The van der Waals surface area contributed by atoms with Crippen LogP contribution < -0.4 is 16.6 Å². The number of rotatable bonds is 2. The van der Waals surface area contributed by atoms with E-state index in [1.165, 1.54) is 30.5 Å². The van der Waals surface area contributed by atoms with Gasteiger partial charge in [-0.15, -0.1) is 0 Å². The molecule has 19 heavy (non-hydrogen) atoms. The minimum Gasteiger partial charge on any atom is -0.506 e. The number of furan rings is 1. The molecule has 0 unspecified atom stereocenters. The van der Waals surface area contributed by atoms with E-state index in [2.05, 4.69) is 10.9 Å². The number of benzene rings is 1. The predicted molar refractivity (Wildman–Crippen MR) is 66.2 cm³/mol. The third-order valence-electron chi connectivity index (χ3n) is 2.32. The summed E-state index contributed by atoms with van der Waals surface area (Å²) in [6.07, 6.45) is 1.34. The molecular formula is C12H11N3O4. The van der Waals surface area contributed by atoms with Gasteiger partial charge in [0.05, 0.1) is 12.0 Å². The highest BCUT2D eigenvalue weighted by Gasteiger charge is 2.11. The van der Waals surface area contributed by atoms with Crippen molar-refractivity contribution < 1.29 is 19.1 Å². The van der Waals surface area contributed by atoms with Crippen LogP contribution in [0.25, 0.3) is 0 Å². The molecule has 1 aromatic carbocycles.